The first-order valence-electron chi connectivity index (χ1n) is 5.34. The van der Waals surface area contributed by atoms with E-state index < -0.39 is 5.97 Å². The zero-order chi connectivity index (χ0) is 13.0. The highest BCUT2D eigenvalue weighted by Crippen LogP contribution is 2.21. The zero-order valence-corrected chi connectivity index (χ0v) is 10.5. The van der Waals surface area contributed by atoms with Crippen LogP contribution in [-0.4, -0.2) is 17.6 Å². The van der Waals surface area contributed by atoms with Crippen LogP contribution in [0.15, 0.2) is 29.6 Å². The number of hydrogen-bond donors (Lipinski definition) is 1. The van der Waals surface area contributed by atoms with E-state index in [9.17, 15) is 9.18 Å². The molecule has 0 spiro atoms. The second-order valence-electron chi connectivity index (χ2n) is 3.39. The van der Waals surface area contributed by atoms with Crippen molar-refractivity contribution in [3.05, 3.63) is 41.2 Å². The SMILES string of the molecule is CCOC(=O)c1csc(Nc2ccc(F)cc2)n1. The fraction of sp³-hybridized carbons (Fsp3) is 0.167. The highest BCUT2D eigenvalue weighted by Gasteiger charge is 2.11. The summed E-state index contributed by atoms with van der Waals surface area (Å²) in [6.45, 7) is 2.05. The molecule has 0 atom stereocenters. The molecule has 0 bridgehead atoms. The number of hydrogen-bond acceptors (Lipinski definition) is 5. The molecule has 0 amide bonds. The summed E-state index contributed by atoms with van der Waals surface area (Å²) in [6.07, 6.45) is 0. The monoisotopic (exact) mass is 266 g/mol. The molecule has 0 radical (unpaired) electrons. The molecule has 0 aliphatic rings. The molecule has 2 aromatic rings. The Morgan fingerprint density at radius 2 is 2.17 bits per heavy atom. The van der Waals surface area contributed by atoms with Crippen LogP contribution in [0.4, 0.5) is 15.2 Å². The third kappa shape index (κ3) is 3.04. The van der Waals surface area contributed by atoms with E-state index in [0.29, 0.717) is 17.4 Å². The Morgan fingerprint density at radius 3 is 2.83 bits per heavy atom. The van der Waals surface area contributed by atoms with Crippen molar-refractivity contribution < 1.29 is 13.9 Å². The Balaban J connectivity index is 2.06. The normalized spacial score (nSPS) is 10.1. The molecule has 1 aromatic carbocycles. The smallest absolute Gasteiger partial charge is 0.357 e. The molecule has 0 aliphatic heterocycles. The Hall–Kier alpha value is -1.95. The van der Waals surface area contributed by atoms with Gasteiger partial charge in [-0.05, 0) is 31.2 Å². The molecule has 94 valence electrons. The second-order valence-corrected chi connectivity index (χ2v) is 4.25. The lowest BCUT2D eigenvalue weighted by molar-refractivity contribution is 0.0520. The Kier molecular flexibility index (Phi) is 3.88. The first-order chi connectivity index (χ1) is 8.69. The van der Waals surface area contributed by atoms with Gasteiger partial charge in [0.05, 0.1) is 6.61 Å². The minimum atomic E-state index is -0.444. The molecule has 18 heavy (non-hydrogen) atoms. The number of carbonyl (C=O) groups excluding carboxylic acids is 1. The minimum absolute atomic E-state index is 0.270. The number of halogens is 1. The number of nitrogens with zero attached hydrogens (tertiary/aromatic N) is 1. The van der Waals surface area contributed by atoms with Crippen LogP contribution in [-0.2, 0) is 4.74 Å². The lowest BCUT2D eigenvalue weighted by Crippen LogP contribution is -2.04. The van der Waals surface area contributed by atoms with E-state index in [1.807, 2.05) is 0 Å². The Bertz CT molecular complexity index is 539. The summed E-state index contributed by atoms with van der Waals surface area (Å²) < 4.78 is 17.6. The van der Waals surface area contributed by atoms with Crippen LogP contribution in [0.2, 0.25) is 0 Å². The molecular weight excluding hydrogens is 255 g/mol. The van der Waals surface area contributed by atoms with Crippen LogP contribution >= 0.6 is 11.3 Å². The fourth-order valence-electron chi connectivity index (χ4n) is 1.29. The Labute approximate surface area is 107 Å². The summed E-state index contributed by atoms with van der Waals surface area (Å²) in [4.78, 5) is 15.5. The molecule has 2 rings (SSSR count). The highest BCUT2D eigenvalue weighted by atomic mass is 32.1. The van der Waals surface area contributed by atoms with E-state index in [0.717, 1.165) is 0 Å². The van der Waals surface area contributed by atoms with E-state index in [1.165, 1.54) is 23.5 Å². The van der Waals surface area contributed by atoms with Crippen molar-refractivity contribution in [3.8, 4) is 0 Å². The maximum absolute atomic E-state index is 12.7. The van der Waals surface area contributed by atoms with Crippen molar-refractivity contribution in [3.63, 3.8) is 0 Å². The van der Waals surface area contributed by atoms with Gasteiger partial charge in [0.2, 0.25) is 0 Å². The molecule has 0 fully saturated rings. The van der Waals surface area contributed by atoms with Gasteiger partial charge in [0.1, 0.15) is 5.82 Å². The summed E-state index contributed by atoms with van der Waals surface area (Å²) in [5.74, 6) is -0.743. The summed E-state index contributed by atoms with van der Waals surface area (Å²) in [6, 6.07) is 5.89. The molecule has 0 unspecified atom stereocenters. The van der Waals surface area contributed by atoms with Crippen LogP contribution in [0.5, 0.6) is 0 Å². The standard InChI is InChI=1S/C12H11FN2O2S/c1-2-17-11(16)10-7-18-12(15-10)14-9-5-3-8(13)4-6-9/h3-7H,2H2,1H3,(H,14,15). The first-order valence-corrected chi connectivity index (χ1v) is 6.22. The van der Waals surface area contributed by atoms with Gasteiger partial charge in [-0.1, -0.05) is 0 Å². The van der Waals surface area contributed by atoms with Gasteiger partial charge in [0.25, 0.3) is 0 Å². The van der Waals surface area contributed by atoms with Crippen molar-refractivity contribution in [2.45, 2.75) is 6.92 Å². The average molecular weight is 266 g/mol. The van der Waals surface area contributed by atoms with E-state index in [-0.39, 0.29) is 11.5 Å². The van der Waals surface area contributed by atoms with Crippen LogP contribution in [0.3, 0.4) is 0 Å². The number of anilines is 2. The third-order valence-electron chi connectivity index (χ3n) is 2.08. The molecule has 4 nitrogen and oxygen atoms in total. The van der Waals surface area contributed by atoms with E-state index >= 15 is 0 Å². The van der Waals surface area contributed by atoms with E-state index in [2.05, 4.69) is 10.3 Å². The number of aromatic nitrogens is 1. The van der Waals surface area contributed by atoms with Crippen molar-refractivity contribution in [2.75, 3.05) is 11.9 Å². The summed E-state index contributed by atoms with van der Waals surface area (Å²) in [5.41, 5.74) is 0.979. The third-order valence-corrected chi connectivity index (χ3v) is 2.84. The Morgan fingerprint density at radius 1 is 1.44 bits per heavy atom. The predicted octanol–water partition coefficient (Wildman–Crippen LogP) is 3.20. The number of thiazole rings is 1. The van der Waals surface area contributed by atoms with Crippen molar-refractivity contribution in [2.24, 2.45) is 0 Å². The number of nitrogens with one attached hydrogen (secondary N) is 1. The molecule has 0 aliphatic carbocycles. The van der Waals surface area contributed by atoms with Crippen molar-refractivity contribution in [1.29, 1.82) is 0 Å². The molecule has 1 N–H and O–H groups in total. The maximum atomic E-state index is 12.7. The zero-order valence-electron chi connectivity index (χ0n) is 9.64. The van der Waals surface area contributed by atoms with Gasteiger partial charge in [0.15, 0.2) is 10.8 Å². The van der Waals surface area contributed by atoms with Crippen molar-refractivity contribution in [1.82, 2.24) is 4.98 Å². The molecule has 1 aromatic heterocycles. The largest absolute Gasteiger partial charge is 0.461 e. The van der Waals surface area contributed by atoms with Gasteiger partial charge < -0.3 is 10.1 Å². The molecule has 0 saturated heterocycles. The molecule has 1 heterocycles. The summed E-state index contributed by atoms with van der Waals surface area (Å²) in [5, 5.41) is 5.16. The quantitative estimate of drug-likeness (QED) is 0.863. The summed E-state index contributed by atoms with van der Waals surface area (Å²) >= 11 is 1.29. The first kappa shape index (κ1) is 12.5. The van der Waals surface area contributed by atoms with Gasteiger partial charge in [0, 0.05) is 11.1 Å². The van der Waals surface area contributed by atoms with Crippen LogP contribution in [0.1, 0.15) is 17.4 Å². The van der Waals surface area contributed by atoms with Gasteiger partial charge in [-0.15, -0.1) is 11.3 Å². The van der Waals surface area contributed by atoms with Gasteiger partial charge in [-0.2, -0.15) is 0 Å². The van der Waals surface area contributed by atoms with E-state index in [4.69, 9.17) is 4.74 Å². The van der Waals surface area contributed by atoms with Gasteiger partial charge in [-0.25, -0.2) is 14.2 Å². The number of esters is 1. The topological polar surface area (TPSA) is 51.2 Å². The van der Waals surface area contributed by atoms with Crippen LogP contribution in [0.25, 0.3) is 0 Å². The number of ether oxygens (including phenoxy) is 1. The second kappa shape index (κ2) is 5.59. The molecule has 0 saturated carbocycles. The number of benzene rings is 1. The lowest BCUT2D eigenvalue weighted by Gasteiger charge is -2.01. The van der Waals surface area contributed by atoms with Gasteiger partial charge >= 0.3 is 5.97 Å². The van der Waals surface area contributed by atoms with E-state index in [1.54, 1.807) is 24.4 Å². The predicted molar refractivity (Wildman–Crippen MR) is 67.8 cm³/mol. The number of rotatable bonds is 4. The highest BCUT2D eigenvalue weighted by molar-refractivity contribution is 7.14. The van der Waals surface area contributed by atoms with Crippen molar-refractivity contribution >= 4 is 28.1 Å². The lowest BCUT2D eigenvalue weighted by atomic mass is 10.3. The fourth-order valence-corrected chi connectivity index (χ4v) is 1.99. The molecular formula is C12H11FN2O2S. The maximum Gasteiger partial charge on any atom is 0.357 e. The van der Waals surface area contributed by atoms with Gasteiger partial charge in [-0.3, -0.25) is 0 Å². The average Bonchev–Trinajstić information content (AvgIpc) is 2.81. The van der Waals surface area contributed by atoms with Crippen LogP contribution < -0.4 is 5.32 Å². The minimum Gasteiger partial charge on any atom is -0.461 e. The number of carbonyl (C=O) groups is 1. The molecule has 6 heteroatoms. The van der Waals surface area contributed by atoms with Crippen LogP contribution in [0, 0.1) is 5.82 Å². The summed E-state index contributed by atoms with van der Waals surface area (Å²) in [7, 11) is 0.